The van der Waals surface area contributed by atoms with Gasteiger partial charge < -0.3 is 15.0 Å². The monoisotopic (exact) mass is 584 g/mol. The zero-order valence-corrected chi connectivity index (χ0v) is 23.0. The SMILES string of the molecule is CCc1nc2ccc(Cl)cn2c1C(=O)NCc1ccc(N2CCC(C(=O)c3ccc(OC(F)(F)F)cc3)CC2)cc1. The van der Waals surface area contributed by atoms with E-state index in [9.17, 15) is 22.8 Å². The van der Waals surface area contributed by atoms with Crippen LogP contribution in [0.1, 0.15) is 51.9 Å². The van der Waals surface area contributed by atoms with Crippen molar-refractivity contribution in [3.63, 3.8) is 0 Å². The maximum atomic E-state index is 13.1. The zero-order chi connectivity index (χ0) is 29.1. The van der Waals surface area contributed by atoms with Crippen LogP contribution in [0.25, 0.3) is 5.65 Å². The van der Waals surface area contributed by atoms with E-state index in [1.807, 2.05) is 31.2 Å². The summed E-state index contributed by atoms with van der Waals surface area (Å²) in [6, 6.07) is 16.5. The first-order valence-electron chi connectivity index (χ1n) is 13.3. The number of Topliss-reactive ketones (excluding diaryl/α,β-unsaturated/α-hetero) is 1. The lowest BCUT2D eigenvalue weighted by Gasteiger charge is -2.33. The first kappa shape index (κ1) is 28.5. The topological polar surface area (TPSA) is 75.9 Å². The van der Waals surface area contributed by atoms with E-state index in [-0.39, 0.29) is 23.4 Å². The number of piperidine rings is 1. The molecule has 1 aliphatic heterocycles. The number of nitrogens with one attached hydrogen (secondary N) is 1. The molecule has 214 valence electrons. The Morgan fingerprint density at radius 2 is 1.71 bits per heavy atom. The lowest BCUT2D eigenvalue weighted by Crippen LogP contribution is -2.36. The lowest BCUT2D eigenvalue weighted by molar-refractivity contribution is -0.274. The number of rotatable bonds is 8. The summed E-state index contributed by atoms with van der Waals surface area (Å²) in [5.41, 5.74) is 4.18. The van der Waals surface area contributed by atoms with Crippen LogP contribution in [-0.2, 0) is 13.0 Å². The van der Waals surface area contributed by atoms with Crippen LogP contribution in [0.5, 0.6) is 5.75 Å². The zero-order valence-electron chi connectivity index (χ0n) is 22.2. The van der Waals surface area contributed by atoms with Gasteiger partial charge in [-0.1, -0.05) is 30.7 Å². The van der Waals surface area contributed by atoms with Gasteiger partial charge in [0.15, 0.2) is 5.78 Å². The molecule has 3 heterocycles. The number of alkyl halides is 3. The molecule has 0 unspecified atom stereocenters. The molecule has 7 nitrogen and oxygen atoms in total. The number of aryl methyl sites for hydroxylation is 1. The van der Waals surface area contributed by atoms with Gasteiger partial charge in [0.2, 0.25) is 0 Å². The number of hydrogen-bond acceptors (Lipinski definition) is 5. The summed E-state index contributed by atoms with van der Waals surface area (Å²) in [7, 11) is 0. The Bertz CT molecular complexity index is 1540. The van der Waals surface area contributed by atoms with Gasteiger partial charge in [0.1, 0.15) is 17.1 Å². The standard InChI is InChI=1S/C30H28ClF3N4O3/c1-2-25-27(38-18-22(31)7-12-26(38)36-25)29(40)35-17-19-3-8-23(9-4-19)37-15-13-21(14-16-37)28(39)20-5-10-24(11-6-20)41-30(32,33)34/h3-12,18,21H,2,13-17H2,1H3,(H,35,40). The smallest absolute Gasteiger partial charge is 0.406 e. The van der Waals surface area contributed by atoms with E-state index in [1.54, 1.807) is 22.7 Å². The van der Waals surface area contributed by atoms with Crippen molar-refractivity contribution in [3.05, 3.63) is 94.4 Å². The fraction of sp³-hybridized carbons (Fsp3) is 0.300. The number of amides is 1. The van der Waals surface area contributed by atoms with Crippen LogP contribution < -0.4 is 15.0 Å². The maximum absolute atomic E-state index is 13.1. The number of fused-ring (bicyclic) bond motifs is 1. The van der Waals surface area contributed by atoms with Gasteiger partial charge in [-0.25, -0.2) is 4.98 Å². The summed E-state index contributed by atoms with van der Waals surface area (Å²) in [5.74, 6) is -0.848. The lowest BCUT2D eigenvalue weighted by atomic mass is 9.88. The Labute approximate surface area is 239 Å². The Morgan fingerprint density at radius 3 is 2.34 bits per heavy atom. The van der Waals surface area contributed by atoms with Gasteiger partial charge >= 0.3 is 6.36 Å². The summed E-state index contributed by atoms with van der Waals surface area (Å²) in [6.45, 7) is 3.65. The minimum atomic E-state index is -4.77. The number of nitrogens with zero attached hydrogens (tertiary/aromatic N) is 3. The van der Waals surface area contributed by atoms with E-state index in [2.05, 4.69) is 19.9 Å². The highest BCUT2D eigenvalue weighted by Gasteiger charge is 2.31. The second-order valence-corrected chi connectivity index (χ2v) is 10.3. The average molecular weight is 585 g/mol. The molecule has 1 fully saturated rings. The summed E-state index contributed by atoms with van der Waals surface area (Å²) in [5, 5.41) is 3.50. The Hall–Kier alpha value is -4.05. The highest BCUT2D eigenvalue weighted by atomic mass is 35.5. The van der Waals surface area contributed by atoms with Crippen molar-refractivity contribution in [2.24, 2.45) is 5.92 Å². The fourth-order valence-electron chi connectivity index (χ4n) is 5.10. The molecule has 1 N–H and O–H groups in total. The molecule has 41 heavy (non-hydrogen) atoms. The van der Waals surface area contributed by atoms with Gasteiger partial charge in [-0.2, -0.15) is 0 Å². The highest BCUT2D eigenvalue weighted by molar-refractivity contribution is 6.30. The minimum Gasteiger partial charge on any atom is -0.406 e. The molecule has 4 aromatic rings. The van der Waals surface area contributed by atoms with Crippen LogP contribution in [0.3, 0.4) is 0 Å². The van der Waals surface area contributed by atoms with E-state index in [0.717, 1.165) is 23.4 Å². The van der Waals surface area contributed by atoms with Gasteiger partial charge in [-0.15, -0.1) is 13.2 Å². The molecule has 1 aliphatic rings. The number of carbonyl (C=O) groups excluding carboxylic acids is 2. The van der Waals surface area contributed by atoms with Crippen molar-refractivity contribution in [1.82, 2.24) is 14.7 Å². The number of aromatic nitrogens is 2. The van der Waals surface area contributed by atoms with Gasteiger partial charge in [-0.05, 0) is 73.4 Å². The minimum absolute atomic E-state index is 0.0752. The molecule has 1 amide bonds. The predicted octanol–water partition coefficient (Wildman–Crippen LogP) is 6.48. The Balaban J connectivity index is 1.15. The molecule has 0 spiro atoms. The molecule has 0 bridgehead atoms. The first-order valence-corrected chi connectivity index (χ1v) is 13.7. The van der Waals surface area contributed by atoms with Crippen molar-refractivity contribution in [2.75, 3.05) is 18.0 Å². The van der Waals surface area contributed by atoms with Crippen molar-refractivity contribution >= 4 is 34.6 Å². The third kappa shape index (κ3) is 6.65. The Morgan fingerprint density at radius 1 is 1.02 bits per heavy atom. The molecule has 5 rings (SSSR count). The van der Waals surface area contributed by atoms with Gasteiger partial charge in [0.25, 0.3) is 5.91 Å². The quantitative estimate of drug-likeness (QED) is 0.240. The number of hydrogen-bond donors (Lipinski definition) is 1. The molecular formula is C30H28ClF3N4O3. The number of pyridine rings is 1. The maximum Gasteiger partial charge on any atom is 0.573 e. The van der Waals surface area contributed by atoms with Crippen LogP contribution in [0.2, 0.25) is 5.02 Å². The molecule has 2 aromatic carbocycles. The summed E-state index contributed by atoms with van der Waals surface area (Å²) in [4.78, 5) is 32.7. The van der Waals surface area contributed by atoms with E-state index in [4.69, 9.17) is 11.6 Å². The van der Waals surface area contributed by atoms with E-state index in [1.165, 1.54) is 12.1 Å². The number of ether oxygens (including phenoxy) is 1. The highest BCUT2D eigenvalue weighted by Crippen LogP contribution is 2.28. The van der Waals surface area contributed by atoms with Crippen LogP contribution in [0.4, 0.5) is 18.9 Å². The van der Waals surface area contributed by atoms with E-state index < -0.39 is 6.36 Å². The molecule has 11 heteroatoms. The normalized spacial score (nSPS) is 14.3. The van der Waals surface area contributed by atoms with Crippen LogP contribution in [0.15, 0.2) is 66.9 Å². The van der Waals surface area contributed by atoms with Crippen molar-refractivity contribution in [1.29, 1.82) is 0 Å². The van der Waals surface area contributed by atoms with Gasteiger partial charge in [0, 0.05) is 43.0 Å². The number of ketones is 1. The number of imidazole rings is 1. The van der Waals surface area contributed by atoms with Gasteiger partial charge in [-0.3, -0.25) is 14.0 Å². The number of anilines is 1. The van der Waals surface area contributed by atoms with Crippen molar-refractivity contribution < 1.29 is 27.5 Å². The van der Waals surface area contributed by atoms with Crippen LogP contribution >= 0.6 is 11.6 Å². The molecule has 0 radical (unpaired) electrons. The van der Waals surface area contributed by atoms with E-state index in [0.29, 0.717) is 66.5 Å². The number of carbonyl (C=O) groups is 2. The third-order valence-electron chi connectivity index (χ3n) is 7.20. The molecule has 2 aromatic heterocycles. The predicted molar refractivity (Wildman–Crippen MR) is 150 cm³/mol. The molecular weight excluding hydrogens is 557 g/mol. The summed E-state index contributed by atoms with van der Waals surface area (Å²) >= 11 is 6.14. The average Bonchev–Trinajstić information content (AvgIpc) is 3.33. The van der Waals surface area contributed by atoms with Crippen LogP contribution in [0, 0.1) is 5.92 Å². The summed E-state index contributed by atoms with van der Waals surface area (Å²) < 4.78 is 42.7. The second-order valence-electron chi connectivity index (χ2n) is 9.88. The number of halogens is 4. The first-order chi connectivity index (χ1) is 19.6. The largest absolute Gasteiger partial charge is 0.573 e. The van der Waals surface area contributed by atoms with Crippen LogP contribution in [-0.4, -0.2) is 40.5 Å². The molecule has 0 saturated carbocycles. The number of benzene rings is 2. The molecule has 0 aliphatic carbocycles. The summed E-state index contributed by atoms with van der Waals surface area (Å²) in [6.07, 6.45) is -1.19. The van der Waals surface area contributed by atoms with Crippen molar-refractivity contribution in [2.45, 2.75) is 39.1 Å². The molecule has 0 atom stereocenters. The fourth-order valence-corrected chi connectivity index (χ4v) is 5.26. The van der Waals surface area contributed by atoms with Gasteiger partial charge in [0.05, 0.1) is 10.7 Å². The molecule has 1 saturated heterocycles. The van der Waals surface area contributed by atoms with Crippen molar-refractivity contribution in [3.8, 4) is 5.75 Å². The van der Waals surface area contributed by atoms with E-state index >= 15 is 0 Å². The second kappa shape index (κ2) is 11.8. The Kier molecular flexibility index (Phi) is 8.21. The third-order valence-corrected chi connectivity index (χ3v) is 7.42.